The second kappa shape index (κ2) is 7.18. The van der Waals surface area contributed by atoms with E-state index in [-0.39, 0.29) is 23.2 Å². The largest absolute Gasteiger partial charge is 0.493 e. The minimum Gasteiger partial charge on any atom is -0.493 e. The fraction of sp³-hybridized carbons (Fsp3) is 0.438. The SMILES string of the molecule is CC(=O)OCC1O[C@@H](n2cc(C#N)c3c(O)ncnc32)[C@H](O)C1OC(C)=O. The minimum atomic E-state index is -1.34. The van der Waals surface area contributed by atoms with E-state index in [1.165, 1.54) is 24.6 Å². The number of hydrogen-bond acceptors (Lipinski definition) is 10. The Labute approximate surface area is 152 Å². The molecule has 3 rings (SSSR count). The van der Waals surface area contributed by atoms with E-state index in [4.69, 9.17) is 14.2 Å². The molecular formula is C16H16N4O7. The molecule has 27 heavy (non-hydrogen) atoms. The highest BCUT2D eigenvalue weighted by molar-refractivity contribution is 5.87. The van der Waals surface area contributed by atoms with Crippen molar-refractivity contribution in [1.29, 1.82) is 5.26 Å². The number of aliphatic hydroxyl groups is 1. The first-order chi connectivity index (χ1) is 12.8. The van der Waals surface area contributed by atoms with Gasteiger partial charge in [-0.3, -0.25) is 9.59 Å². The predicted molar refractivity (Wildman–Crippen MR) is 86.0 cm³/mol. The first-order valence-corrected chi connectivity index (χ1v) is 7.92. The second-order valence-corrected chi connectivity index (χ2v) is 5.89. The van der Waals surface area contributed by atoms with Gasteiger partial charge in [-0.1, -0.05) is 0 Å². The summed E-state index contributed by atoms with van der Waals surface area (Å²) in [5.41, 5.74) is 0.226. The molecule has 1 saturated heterocycles. The van der Waals surface area contributed by atoms with E-state index < -0.39 is 42.4 Å². The lowest BCUT2D eigenvalue weighted by Gasteiger charge is -2.19. The van der Waals surface area contributed by atoms with E-state index in [2.05, 4.69) is 9.97 Å². The third-order valence-corrected chi connectivity index (χ3v) is 4.05. The summed E-state index contributed by atoms with van der Waals surface area (Å²) in [4.78, 5) is 30.1. The molecule has 1 aliphatic rings. The maximum atomic E-state index is 11.4. The van der Waals surface area contributed by atoms with Gasteiger partial charge in [0.15, 0.2) is 18.0 Å². The molecule has 0 aliphatic carbocycles. The molecule has 0 radical (unpaired) electrons. The first kappa shape index (κ1) is 18.6. The van der Waals surface area contributed by atoms with Crippen LogP contribution in [0, 0.1) is 11.3 Å². The molecule has 2 aromatic heterocycles. The second-order valence-electron chi connectivity index (χ2n) is 5.89. The average Bonchev–Trinajstić information content (AvgIpc) is 3.12. The van der Waals surface area contributed by atoms with E-state index in [9.17, 15) is 25.1 Å². The van der Waals surface area contributed by atoms with Crippen LogP contribution in [0.2, 0.25) is 0 Å². The van der Waals surface area contributed by atoms with Gasteiger partial charge in [-0.15, -0.1) is 0 Å². The number of aliphatic hydroxyl groups excluding tert-OH is 1. The van der Waals surface area contributed by atoms with Gasteiger partial charge in [0.05, 0.1) is 10.9 Å². The Bertz CT molecular complexity index is 935. The Kier molecular flexibility index (Phi) is 4.93. The zero-order chi connectivity index (χ0) is 19.7. The van der Waals surface area contributed by atoms with Gasteiger partial charge in [-0.25, -0.2) is 9.97 Å². The van der Waals surface area contributed by atoms with Crippen molar-refractivity contribution in [2.45, 2.75) is 38.4 Å². The monoisotopic (exact) mass is 376 g/mol. The smallest absolute Gasteiger partial charge is 0.303 e. The van der Waals surface area contributed by atoms with Crippen molar-refractivity contribution in [3.63, 3.8) is 0 Å². The van der Waals surface area contributed by atoms with Gasteiger partial charge in [0.25, 0.3) is 0 Å². The van der Waals surface area contributed by atoms with Gasteiger partial charge in [-0.2, -0.15) is 5.26 Å². The van der Waals surface area contributed by atoms with E-state index >= 15 is 0 Å². The number of ether oxygens (including phenoxy) is 3. The Balaban J connectivity index is 2.00. The number of rotatable bonds is 4. The lowest BCUT2D eigenvalue weighted by atomic mass is 10.1. The molecule has 11 nitrogen and oxygen atoms in total. The van der Waals surface area contributed by atoms with Gasteiger partial charge >= 0.3 is 11.9 Å². The van der Waals surface area contributed by atoms with Crippen LogP contribution in [0.5, 0.6) is 5.88 Å². The summed E-state index contributed by atoms with van der Waals surface area (Å²) in [6.07, 6.45) is -2.05. The van der Waals surface area contributed by atoms with Crippen molar-refractivity contribution in [2.75, 3.05) is 6.61 Å². The summed E-state index contributed by atoms with van der Waals surface area (Å²) in [5, 5.41) is 30.0. The molecule has 2 unspecified atom stereocenters. The Morgan fingerprint density at radius 1 is 1.37 bits per heavy atom. The first-order valence-electron chi connectivity index (χ1n) is 7.92. The number of esters is 2. The molecule has 0 amide bonds. The van der Waals surface area contributed by atoms with Crippen LogP contribution in [0.15, 0.2) is 12.5 Å². The maximum absolute atomic E-state index is 11.4. The van der Waals surface area contributed by atoms with E-state index in [0.29, 0.717) is 0 Å². The molecule has 0 bridgehead atoms. The number of aromatic hydroxyl groups is 1. The molecule has 0 spiro atoms. The number of nitriles is 1. The number of aromatic nitrogens is 3. The number of fused-ring (bicyclic) bond motifs is 1. The van der Waals surface area contributed by atoms with E-state index in [1.54, 1.807) is 0 Å². The van der Waals surface area contributed by atoms with Gasteiger partial charge in [0.1, 0.15) is 31.2 Å². The summed E-state index contributed by atoms with van der Waals surface area (Å²) < 4.78 is 17.1. The molecule has 142 valence electrons. The van der Waals surface area contributed by atoms with Gasteiger partial charge in [0.2, 0.25) is 5.88 Å². The molecule has 11 heteroatoms. The van der Waals surface area contributed by atoms with Crippen LogP contribution >= 0.6 is 0 Å². The van der Waals surface area contributed by atoms with Crippen molar-refractivity contribution in [3.8, 4) is 11.9 Å². The summed E-state index contributed by atoms with van der Waals surface area (Å²) in [6.45, 7) is 2.14. The molecule has 4 atom stereocenters. The highest BCUT2D eigenvalue weighted by Gasteiger charge is 2.48. The lowest BCUT2D eigenvalue weighted by molar-refractivity contribution is -0.157. The minimum absolute atomic E-state index is 0.0753. The Morgan fingerprint density at radius 3 is 2.74 bits per heavy atom. The van der Waals surface area contributed by atoms with Crippen LogP contribution in [0.4, 0.5) is 0 Å². The average molecular weight is 376 g/mol. The standard InChI is InChI=1S/C16H16N4O7/c1-7(21)25-5-10-13(26-8(2)22)12(23)16(27-10)20-4-9(3-17)11-14(20)18-6-19-15(11)24/h4,6,10,12-13,16,23H,5H2,1-2H3,(H,18,19,24)/t10?,12-,13?,16-/m1/s1. The number of hydrogen-bond donors (Lipinski definition) is 2. The topological polar surface area (TPSA) is 157 Å². The number of nitrogens with zero attached hydrogens (tertiary/aromatic N) is 4. The Morgan fingerprint density at radius 2 is 2.11 bits per heavy atom. The van der Waals surface area contributed by atoms with Crippen LogP contribution in [0.25, 0.3) is 11.0 Å². The van der Waals surface area contributed by atoms with Crippen molar-refractivity contribution >= 4 is 23.0 Å². The van der Waals surface area contributed by atoms with Crippen molar-refractivity contribution < 1.29 is 34.0 Å². The van der Waals surface area contributed by atoms with Crippen molar-refractivity contribution in [1.82, 2.24) is 14.5 Å². The van der Waals surface area contributed by atoms with Crippen LogP contribution in [0.3, 0.4) is 0 Å². The van der Waals surface area contributed by atoms with Crippen LogP contribution in [0.1, 0.15) is 25.6 Å². The molecule has 2 N–H and O–H groups in total. The summed E-state index contributed by atoms with van der Waals surface area (Å²) in [5.74, 6) is -1.60. The molecule has 1 aliphatic heterocycles. The van der Waals surface area contributed by atoms with Crippen LogP contribution < -0.4 is 0 Å². The number of carbonyl (C=O) groups excluding carboxylic acids is 2. The van der Waals surface area contributed by atoms with Crippen LogP contribution in [-0.2, 0) is 23.8 Å². The normalized spacial score (nSPS) is 24.5. The zero-order valence-electron chi connectivity index (χ0n) is 14.4. The molecule has 2 aromatic rings. The number of carbonyl (C=O) groups is 2. The molecule has 1 fully saturated rings. The summed E-state index contributed by atoms with van der Waals surface area (Å²) in [7, 11) is 0. The third-order valence-electron chi connectivity index (χ3n) is 4.05. The molecule has 3 heterocycles. The zero-order valence-corrected chi connectivity index (χ0v) is 14.4. The fourth-order valence-electron chi connectivity index (χ4n) is 2.97. The quantitative estimate of drug-likeness (QED) is 0.682. The molecule has 0 aromatic carbocycles. The van der Waals surface area contributed by atoms with Gasteiger partial charge in [-0.05, 0) is 0 Å². The predicted octanol–water partition coefficient (Wildman–Crippen LogP) is -0.238. The summed E-state index contributed by atoms with van der Waals surface area (Å²) >= 11 is 0. The maximum Gasteiger partial charge on any atom is 0.303 e. The molecule has 0 saturated carbocycles. The van der Waals surface area contributed by atoms with Gasteiger partial charge < -0.3 is 29.0 Å². The molecular weight excluding hydrogens is 360 g/mol. The van der Waals surface area contributed by atoms with Crippen LogP contribution in [-0.4, -0.2) is 61.6 Å². The lowest BCUT2D eigenvalue weighted by Crippen LogP contribution is -2.38. The van der Waals surface area contributed by atoms with Crippen molar-refractivity contribution in [2.24, 2.45) is 0 Å². The van der Waals surface area contributed by atoms with E-state index in [1.807, 2.05) is 6.07 Å². The van der Waals surface area contributed by atoms with E-state index in [0.717, 1.165) is 6.33 Å². The highest BCUT2D eigenvalue weighted by Crippen LogP contribution is 2.36. The third kappa shape index (κ3) is 3.40. The summed E-state index contributed by atoms with van der Waals surface area (Å²) in [6, 6.07) is 1.91. The van der Waals surface area contributed by atoms with Gasteiger partial charge in [0, 0.05) is 20.0 Å². The highest BCUT2D eigenvalue weighted by atomic mass is 16.6. The Hall–Kier alpha value is -3.23. The van der Waals surface area contributed by atoms with Crippen molar-refractivity contribution in [3.05, 3.63) is 18.1 Å². The fourth-order valence-corrected chi connectivity index (χ4v) is 2.97.